The molecule has 0 saturated heterocycles. The molecule has 0 fully saturated rings. The second-order valence-electron chi connectivity index (χ2n) is 6.96. The van der Waals surface area contributed by atoms with Crippen molar-refractivity contribution in [2.45, 2.75) is 27.7 Å². The Labute approximate surface area is 158 Å². The minimum absolute atomic E-state index is 0.315. The van der Waals surface area contributed by atoms with Crippen molar-refractivity contribution in [2.75, 3.05) is 0 Å². The van der Waals surface area contributed by atoms with Crippen molar-refractivity contribution in [1.82, 2.24) is 4.48 Å². The summed E-state index contributed by atoms with van der Waals surface area (Å²) in [7, 11) is 0. The molecule has 26 heavy (non-hydrogen) atoms. The molecule has 2 aliphatic rings. The zero-order chi connectivity index (χ0) is 19.0. The van der Waals surface area contributed by atoms with E-state index in [4.69, 9.17) is 0 Å². The Kier molecular flexibility index (Phi) is 3.67. The average molecular weight is 421 g/mol. The molecular weight excluding hydrogens is 404 g/mol. The Bertz CT molecular complexity index is 1080. The number of aromatic nitrogens is 1. The summed E-state index contributed by atoms with van der Waals surface area (Å²) in [6.45, 7) is 2.87. The number of aryl methyl sites for hydroxylation is 2. The highest BCUT2D eigenvalue weighted by atomic mass is 79.9. The molecule has 0 spiro atoms. The van der Waals surface area contributed by atoms with Crippen LogP contribution in [0.3, 0.4) is 0 Å². The number of halogens is 4. The number of benzene rings is 1. The number of nitrogens with zero attached hydrogens (tertiary/aromatic N) is 2. The molecule has 0 bridgehead atoms. The maximum Gasteiger partial charge on any atom is 0.737 e. The summed E-state index contributed by atoms with van der Waals surface area (Å²) in [6, 6.07) is 6.35. The molecule has 2 aliphatic heterocycles. The van der Waals surface area contributed by atoms with E-state index in [2.05, 4.69) is 15.9 Å². The van der Waals surface area contributed by atoms with Gasteiger partial charge in [-0.05, 0) is 56.3 Å². The van der Waals surface area contributed by atoms with Gasteiger partial charge in [0, 0.05) is 34.3 Å². The van der Waals surface area contributed by atoms with Crippen LogP contribution in [0.5, 0.6) is 0 Å². The largest absolute Gasteiger partial charge is 0.737 e. The number of fused-ring (bicyclic) bond motifs is 2. The topological polar surface area (TPSA) is 7.94 Å². The van der Waals surface area contributed by atoms with E-state index in [1.807, 2.05) is 0 Å². The van der Waals surface area contributed by atoms with Crippen LogP contribution >= 0.6 is 15.9 Å². The van der Waals surface area contributed by atoms with Gasteiger partial charge in [0.1, 0.15) is 11.5 Å². The van der Waals surface area contributed by atoms with Gasteiger partial charge >= 0.3 is 6.97 Å². The Balaban J connectivity index is 2.22. The normalized spacial score (nSPS) is 18.2. The van der Waals surface area contributed by atoms with Gasteiger partial charge in [0.2, 0.25) is 0 Å². The molecule has 0 unspecified atom stereocenters. The van der Waals surface area contributed by atoms with E-state index >= 15 is 8.63 Å². The fourth-order valence-electron chi connectivity index (χ4n) is 4.24. The monoisotopic (exact) mass is 420 g/mol. The fourth-order valence-corrected chi connectivity index (χ4v) is 4.60. The third kappa shape index (κ3) is 2.16. The molecule has 0 atom stereocenters. The van der Waals surface area contributed by atoms with Gasteiger partial charge in [0.15, 0.2) is 5.70 Å². The maximum atomic E-state index is 15.5. The summed E-state index contributed by atoms with van der Waals surface area (Å²) in [6.07, 6.45) is 1.73. The first kappa shape index (κ1) is 17.4. The lowest BCUT2D eigenvalue weighted by Crippen LogP contribution is -2.51. The zero-order valence-corrected chi connectivity index (χ0v) is 16.5. The van der Waals surface area contributed by atoms with Crippen LogP contribution in [-0.4, -0.2) is 21.6 Å². The Morgan fingerprint density at radius 3 is 2.46 bits per heavy atom. The van der Waals surface area contributed by atoms with Crippen LogP contribution in [0, 0.1) is 19.7 Å². The first-order valence-corrected chi connectivity index (χ1v) is 9.16. The van der Waals surface area contributed by atoms with E-state index in [1.54, 1.807) is 52.0 Å². The van der Waals surface area contributed by atoms with Crippen molar-refractivity contribution < 1.29 is 17.5 Å². The van der Waals surface area contributed by atoms with E-state index < -0.39 is 12.8 Å². The van der Waals surface area contributed by atoms with E-state index in [-0.39, 0.29) is 0 Å². The molecule has 134 valence electrons. The summed E-state index contributed by atoms with van der Waals surface area (Å²) in [5, 5.41) is 0. The van der Waals surface area contributed by atoms with Crippen molar-refractivity contribution in [1.29, 1.82) is 0 Å². The molecule has 2 nitrogen and oxygen atoms in total. The zero-order valence-electron chi connectivity index (χ0n) is 14.9. The molecule has 0 saturated carbocycles. The molecule has 0 amide bonds. The van der Waals surface area contributed by atoms with Crippen LogP contribution in [0.15, 0.2) is 46.1 Å². The van der Waals surface area contributed by atoms with Crippen LogP contribution in [0.1, 0.15) is 36.4 Å². The van der Waals surface area contributed by atoms with Crippen LogP contribution in [0.25, 0.3) is 5.57 Å². The Hall–Kier alpha value is -2.02. The third-order valence-electron chi connectivity index (χ3n) is 5.13. The van der Waals surface area contributed by atoms with E-state index in [0.29, 0.717) is 49.5 Å². The number of allylic oxidation sites excluding steroid dienone is 2. The molecule has 1 aromatic heterocycles. The molecular formula is C19H17BBrF3N2. The summed E-state index contributed by atoms with van der Waals surface area (Å²) in [5.74, 6) is -0.435. The van der Waals surface area contributed by atoms with Crippen molar-refractivity contribution >= 4 is 34.2 Å². The summed E-state index contributed by atoms with van der Waals surface area (Å²) < 4.78 is 48.6. The minimum atomic E-state index is -4.04. The van der Waals surface area contributed by atoms with Crippen LogP contribution in [0.4, 0.5) is 13.0 Å². The molecule has 3 heterocycles. The fraction of sp³-hybridized carbons (Fsp3) is 0.211. The van der Waals surface area contributed by atoms with Crippen molar-refractivity contribution in [3.63, 3.8) is 0 Å². The Morgan fingerprint density at radius 1 is 1.08 bits per heavy atom. The van der Waals surface area contributed by atoms with E-state index in [0.717, 1.165) is 8.96 Å². The molecule has 0 aliphatic carbocycles. The van der Waals surface area contributed by atoms with Crippen molar-refractivity contribution in [3.05, 3.63) is 74.4 Å². The first-order valence-electron chi connectivity index (χ1n) is 8.37. The molecule has 0 N–H and O–H groups in total. The highest BCUT2D eigenvalue weighted by Crippen LogP contribution is 2.44. The lowest BCUT2D eigenvalue weighted by atomic mass is 9.83. The Morgan fingerprint density at radius 2 is 1.77 bits per heavy atom. The molecule has 1 aromatic carbocycles. The smallest absolute Gasteiger partial charge is 0.393 e. The highest BCUT2D eigenvalue weighted by Gasteiger charge is 2.55. The lowest BCUT2D eigenvalue weighted by Gasteiger charge is -2.34. The van der Waals surface area contributed by atoms with Crippen LogP contribution < -0.4 is 0 Å². The quantitative estimate of drug-likeness (QED) is 0.543. The van der Waals surface area contributed by atoms with Gasteiger partial charge in [0.05, 0.1) is 5.57 Å². The van der Waals surface area contributed by atoms with Crippen molar-refractivity contribution in [3.8, 4) is 0 Å². The van der Waals surface area contributed by atoms with Gasteiger partial charge < -0.3 is 17.6 Å². The van der Waals surface area contributed by atoms with Crippen molar-refractivity contribution in [2.24, 2.45) is 0 Å². The standard InChI is InChI=1S/C19H17BBrF3N2/c1-10-7-12(3)25-18(10)17(15-9-14(21)5-6-16(15)22)19-11(2)8-13(4)26(19)20(25,23)24/h5-9H,1-4H3. The predicted molar refractivity (Wildman–Crippen MR) is 102 cm³/mol. The minimum Gasteiger partial charge on any atom is -0.393 e. The van der Waals surface area contributed by atoms with Crippen LogP contribution in [-0.2, 0) is 0 Å². The summed E-state index contributed by atoms with van der Waals surface area (Å²) in [5.41, 5.74) is 3.95. The average Bonchev–Trinajstić information content (AvgIpc) is 3.00. The second-order valence-corrected chi connectivity index (χ2v) is 7.88. The van der Waals surface area contributed by atoms with Gasteiger partial charge in [-0.25, -0.2) is 4.39 Å². The van der Waals surface area contributed by atoms with Crippen LogP contribution in [0.2, 0.25) is 0 Å². The third-order valence-corrected chi connectivity index (χ3v) is 5.63. The summed E-state index contributed by atoms with van der Waals surface area (Å²) in [4.78, 5) is 0. The molecule has 0 radical (unpaired) electrons. The van der Waals surface area contributed by atoms with E-state index in [9.17, 15) is 4.39 Å². The predicted octanol–water partition coefficient (Wildman–Crippen LogP) is 5.44. The summed E-state index contributed by atoms with van der Waals surface area (Å²) >= 11 is 3.37. The number of hydrogen-bond acceptors (Lipinski definition) is 0. The molecule has 7 heteroatoms. The number of rotatable bonds is 1. The SMILES string of the molecule is CC1=CC(C)=[N+]2C1=C(c1cc(Br)ccc1F)c1c(C)cc(C)n1[B-]2(F)F. The van der Waals surface area contributed by atoms with E-state index in [1.165, 1.54) is 6.07 Å². The molecule has 2 aromatic rings. The number of hydrogen-bond donors (Lipinski definition) is 0. The molecule has 4 rings (SSSR count). The second kappa shape index (κ2) is 5.49. The first-order chi connectivity index (χ1) is 12.1. The van der Waals surface area contributed by atoms with Gasteiger partial charge in [-0.2, -0.15) is 0 Å². The lowest BCUT2D eigenvalue weighted by molar-refractivity contribution is -0.363. The highest BCUT2D eigenvalue weighted by molar-refractivity contribution is 9.10. The van der Waals surface area contributed by atoms with Gasteiger partial charge in [-0.1, -0.05) is 15.9 Å². The van der Waals surface area contributed by atoms with Gasteiger partial charge in [0.25, 0.3) is 0 Å². The van der Waals surface area contributed by atoms with Gasteiger partial charge in [-0.3, -0.25) is 0 Å². The maximum absolute atomic E-state index is 15.5. The van der Waals surface area contributed by atoms with Gasteiger partial charge in [-0.15, -0.1) is 0 Å².